The van der Waals surface area contributed by atoms with E-state index in [9.17, 15) is 0 Å². The number of rotatable bonds is 1. The molecule has 1 heterocycles. The summed E-state index contributed by atoms with van der Waals surface area (Å²) in [6, 6.07) is 23.2. The standard InChI is InChI=1S/C19H13BrN/c20-18-14-8-2-4-10-16(14)19(21-12-6-1-7-13-21)17-11-5-3-9-15(17)18/h1-13H/q+1. The molecule has 0 aliphatic rings. The van der Waals surface area contributed by atoms with Gasteiger partial charge in [-0.15, -0.1) is 0 Å². The highest BCUT2D eigenvalue weighted by atomic mass is 79.9. The first-order valence-corrected chi connectivity index (χ1v) is 7.71. The van der Waals surface area contributed by atoms with E-state index in [2.05, 4.69) is 93.6 Å². The Morgan fingerprint density at radius 3 is 1.57 bits per heavy atom. The Hall–Kier alpha value is -2.19. The summed E-state index contributed by atoms with van der Waals surface area (Å²) in [6.07, 6.45) is 4.20. The molecule has 2 heteroatoms. The largest absolute Gasteiger partial charge is 0.226 e. The van der Waals surface area contributed by atoms with Crippen LogP contribution in [-0.2, 0) is 0 Å². The van der Waals surface area contributed by atoms with Gasteiger partial charge in [0.15, 0.2) is 12.4 Å². The Bertz CT molecular complexity index is 888. The smallest absolute Gasteiger partial charge is 0.166 e. The normalized spacial score (nSPS) is 11.1. The number of nitrogens with zero attached hydrogens (tertiary/aromatic N) is 1. The highest BCUT2D eigenvalue weighted by Crippen LogP contribution is 2.36. The Kier molecular flexibility index (Phi) is 2.97. The van der Waals surface area contributed by atoms with E-state index in [4.69, 9.17) is 0 Å². The molecule has 0 fully saturated rings. The third-order valence-electron chi connectivity index (χ3n) is 3.81. The lowest BCUT2D eigenvalue weighted by Gasteiger charge is -2.09. The second-order valence-electron chi connectivity index (χ2n) is 5.04. The molecule has 0 bridgehead atoms. The maximum atomic E-state index is 3.78. The van der Waals surface area contributed by atoms with Crippen LogP contribution in [0, 0.1) is 0 Å². The van der Waals surface area contributed by atoms with Crippen molar-refractivity contribution in [2.24, 2.45) is 0 Å². The lowest BCUT2D eigenvalue weighted by atomic mass is 10.0. The summed E-state index contributed by atoms with van der Waals surface area (Å²) < 4.78 is 3.35. The number of benzene rings is 3. The van der Waals surface area contributed by atoms with E-state index < -0.39 is 0 Å². The average Bonchev–Trinajstić information content (AvgIpc) is 2.56. The van der Waals surface area contributed by atoms with Gasteiger partial charge >= 0.3 is 0 Å². The zero-order chi connectivity index (χ0) is 14.2. The summed E-state index contributed by atoms with van der Waals surface area (Å²) in [5.74, 6) is 0. The van der Waals surface area contributed by atoms with Gasteiger partial charge in [-0.2, -0.15) is 4.57 Å². The van der Waals surface area contributed by atoms with Gasteiger partial charge in [0.1, 0.15) is 0 Å². The highest BCUT2D eigenvalue weighted by molar-refractivity contribution is 9.10. The van der Waals surface area contributed by atoms with Crippen molar-refractivity contribution in [3.63, 3.8) is 0 Å². The van der Waals surface area contributed by atoms with Crippen molar-refractivity contribution in [3.8, 4) is 5.69 Å². The van der Waals surface area contributed by atoms with Crippen LogP contribution in [0.3, 0.4) is 0 Å². The number of aromatic nitrogens is 1. The molecule has 0 spiro atoms. The van der Waals surface area contributed by atoms with Crippen molar-refractivity contribution in [1.29, 1.82) is 0 Å². The number of hydrogen-bond donors (Lipinski definition) is 0. The van der Waals surface area contributed by atoms with E-state index >= 15 is 0 Å². The summed E-state index contributed by atoms with van der Waals surface area (Å²) in [6.45, 7) is 0. The third-order valence-corrected chi connectivity index (χ3v) is 4.67. The van der Waals surface area contributed by atoms with Crippen molar-refractivity contribution in [1.82, 2.24) is 0 Å². The molecule has 1 aromatic heterocycles. The topological polar surface area (TPSA) is 3.88 Å². The fourth-order valence-corrected chi connectivity index (χ4v) is 3.57. The quantitative estimate of drug-likeness (QED) is 0.339. The molecule has 4 aromatic rings. The maximum absolute atomic E-state index is 3.78. The second kappa shape index (κ2) is 4.97. The van der Waals surface area contributed by atoms with Crippen LogP contribution in [-0.4, -0.2) is 0 Å². The maximum Gasteiger partial charge on any atom is 0.226 e. The van der Waals surface area contributed by atoms with E-state index in [1.54, 1.807) is 0 Å². The van der Waals surface area contributed by atoms with Crippen LogP contribution in [0.1, 0.15) is 0 Å². The van der Waals surface area contributed by atoms with Gasteiger partial charge in [-0.1, -0.05) is 42.5 Å². The number of fused-ring (bicyclic) bond motifs is 2. The molecule has 0 atom stereocenters. The van der Waals surface area contributed by atoms with Gasteiger partial charge in [0, 0.05) is 27.4 Å². The van der Waals surface area contributed by atoms with E-state index in [0.717, 1.165) is 4.47 Å². The minimum Gasteiger partial charge on any atom is -0.166 e. The molecule has 0 saturated heterocycles. The third kappa shape index (κ3) is 1.95. The Morgan fingerprint density at radius 1 is 0.571 bits per heavy atom. The first-order chi connectivity index (χ1) is 10.4. The van der Waals surface area contributed by atoms with Crippen LogP contribution in [0.4, 0.5) is 0 Å². The molecule has 0 aliphatic heterocycles. The molecule has 0 radical (unpaired) electrons. The first kappa shape index (κ1) is 12.5. The van der Waals surface area contributed by atoms with Gasteiger partial charge in [0.05, 0.1) is 10.8 Å². The van der Waals surface area contributed by atoms with Crippen molar-refractivity contribution in [3.05, 3.63) is 83.6 Å². The van der Waals surface area contributed by atoms with E-state index in [-0.39, 0.29) is 0 Å². The second-order valence-corrected chi connectivity index (χ2v) is 5.83. The molecular formula is C19H13BrN+. The van der Waals surface area contributed by atoms with Crippen LogP contribution in [0.25, 0.3) is 27.2 Å². The molecule has 3 aromatic carbocycles. The lowest BCUT2D eigenvalue weighted by Crippen LogP contribution is -2.29. The number of pyridine rings is 1. The van der Waals surface area contributed by atoms with Crippen molar-refractivity contribution in [2.75, 3.05) is 0 Å². The SMILES string of the molecule is Brc1c2ccccc2c(-[n+]2ccccc2)c2ccccc12. The molecule has 4 rings (SSSR count). The molecule has 21 heavy (non-hydrogen) atoms. The summed E-state index contributed by atoms with van der Waals surface area (Å²) in [7, 11) is 0. The fraction of sp³-hybridized carbons (Fsp3) is 0. The molecule has 0 amide bonds. The predicted molar refractivity (Wildman–Crippen MR) is 90.7 cm³/mol. The van der Waals surface area contributed by atoms with Crippen molar-refractivity contribution < 1.29 is 4.57 Å². The molecule has 0 aliphatic carbocycles. The molecule has 0 unspecified atom stereocenters. The minimum absolute atomic E-state index is 1.16. The lowest BCUT2D eigenvalue weighted by molar-refractivity contribution is -0.592. The number of halogens is 1. The van der Waals surface area contributed by atoms with Crippen molar-refractivity contribution in [2.45, 2.75) is 0 Å². The van der Waals surface area contributed by atoms with Crippen molar-refractivity contribution >= 4 is 37.5 Å². The van der Waals surface area contributed by atoms with E-state index in [1.807, 2.05) is 6.07 Å². The molecule has 1 nitrogen and oxygen atoms in total. The zero-order valence-electron chi connectivity index (χ0n) is 11.3. The van der Waals surface area contributed by atoms with Gasteiger partial charge in [-0.05, 0) is 28.1 Å². The summed E-state index contributed by atoms with van der Waals surface area (Å²) in [5, 5.41) is 4.98. The van der Waals surface area contributed by atoms with Gasteiger partial charge < -0.3 is 0 Å². The van der Waals surface area contributed by atoms with Gasteiger partial charge in [0.2, 0.25) is 5.69 Å². The monoisotopic (exact) mass is 334 g/mol. The van der Waals surface area contributed by atoms with Gasteiger partial charge in [-0.25, -0.2) is 0 Å². The first-order valence-electron chi connectivity index (χ1n) is 6.92. The van der Waals surface area contributed by atoms with Gasteiger partial charge in [-0.3, -0.25) is 0 Å². The Balaban J connectivity index is 2.28. The molecule has 0 N–H and O–H groups in total. The summed E-state index contributed by atoms with van der Waals surface area (Å²) >= 11 is 3.78. The Morgan fingerprint density at radius 2 is 1.05 bits per heavy atom. The van der Waals surface area contributed by atoms with Gasteiger partial charge in [0.25, 0.3) is 0 Å². The van der Waals surface area contributed by atoms with Crippen LogP contribution in [0.15, 0.2) is 83.6 Å². The van der Waals surface area contributed by atoms with Crippen LogP contribution in [0.2, 0.25) is 0 Å². The summed E-state index contributed by atoms with van der Waals surface area (Å²) in [5.41, 5.74) is 1.23. The van der Waals surface area contributed by atoms with E-state index in [0.29, 0.717) is 0 Å². The van der Waals surface area contributed by atoms with Crippen LogP contribution < -0.4 is 4.57 Å². The highest BCUT2D eigenvalue weighted by Gasteiger charge is 2.18. The molecule has 100 valence electrons. The summed E-state index contributed by atoms with van der Waals surface area (Å²) in [4.78, 5) is 0. The minimum atomic E-state index is 1.16. The zero-order valence-corrected chi connectivity index (χ0v) is 12.9. The Labute approximate surface area is 131 Å². The predicted octanol–water partition coefficient (Wildman–Crippen LogP) is 5.03. The van der Waals surface area contributed by atoms with E-state index in [1.165, 1.54) is 27.2 Å². The average molecular weight is 335 g/mol. The van der Waals surface area contributed by atoms with Crippen LogP contribution >= 0.6 is 15.9 Å². The van der Waals surface area contributed by atoms with Crippen LogP contribution in [0.5, 0.6) is 0 Å². The fourth-order valence-electron chi connectivity index (χ4n) is 2.88. The number of hydrogen-bond acceptors (Lipinski definition) is 0. The molecule has 0 saturated carbocycles. The molecular weight excluding hydrogens is 322 g/mol.